The number of nitrogens with one attached hydrogen (secondary N) is 2. The van der Waals surface area contributed by atoms with Crippen molar-refractivity contribution in [1.29, 1.82) is 0 Å². The van der Waals surface area contributed by atoms with E-state index in [0.717, 1.165) is 57.4 Å². The number of ether oxygens (including phenoxy) is 1. The molecule has 0 radical (unpaired) electrons. The summed E-state index contributed by atoms with van der Waals surface area (Å²) in [6, 6.07) is 25.3. The fraction of sp³-hybridized carbons (Fsp3) is 0.367. The molecule has 2 amide bonds. The second-order valence-corrected chi connectivity index (χ2v) is 11.7. The highest BCUT2D eigenvalue weighted by Gasteiger charge is 2.22. The normalized spacial score (nSPS) is 14.2. The first kappa shape index (κ1) is 31.3. The third-order valence-electron chi connectivity index (χ3n) is 6.82. The van der Waals surface area contributed by atoms with Crippen LogP contribution in [0.1, 0.15) is 30.9 Å². The van der Waals surface area contributed by atoms with Crippen LogP contribution >= 0.6 is 12.4 Å². The Kier molecular flexibility index (Phi) is 11.7. The van der Waals surface area contributed by atoms with Gasteiger partial charge in [-0.1, -0.05) is 42.5 Å². The van der Waals surface area contributed by atoms with Gasteiger partial charge in [0, 0.05) is 44.5 Å². The van der Waals surface area contributed by atoms with Crippen LogP contribution in [0.5, 0.6) is 11.5 Å². The first-order valence-corrected chi connectivity index (χ1v) is 15.3. The Morgan fingerprint density at radius 3 is 2.10 bits per heavy atom. The molecule has 0 aromatic heterocycles. The average molecular weight is 587 g/mol. The highest BCUT2D eigenvalue weighted by Crippen LogP contribution is 2.24. The Hall–Kier alpha value is -3.27. The number of rotatable bonds is 11. The van der Waals surface area contributed by atoms with Gasteiger partial charge in [0.15, 0.2) is 0 Å². The molecule has 8 nitrogen and oxygen atoms in total. The average Bonchev–Trinajstić information content (AvgIpc) is 2.92. The van der Waals surface area contributed by atoms with Gasteiger partial charge in [0.2, 0.25) is 10.0 Å². The molecule has 3 aromatic rings. The molecular weight excluding hydrogens is 548 g/mol. The Labute approximate surface area is 244 Å². The molecule has 0 bridgehead atoms. The van der Waals surface area contributed by atoms with Gasteiger partial charge in [-0.2, -0.15) is 0 Å². The van der Waals surface area contributed by atoms with Crippen molar-refractivity contribution in [3.63, 3.8) is 0 Å². The molecule has 3 aromatic carbocycles. The number of anilines is 1. The molecule has 1 aliphatic heterocycles. The predicted molar refractivity (Wildman–Crippen MR) is 163 cm³/mol. The van der Waals surface area contributed by atoms with E-state index in [4.69, 9.17) is 4.74 Å². The van der Waals surface area contributed by atoms with E-state index in [2.05, 4.69) is 39.2 Å². The molecular formula is C30H39ClN4O4S. The maximum atomic E-state index is 12.8. The van der Waals surface area contributed by atoms with E-state index in [1.54, 1.807) is 24.3 Å². The van der Waals surface area contributed by atoms with Gasteiger partial charge in [-0.3, -0.25) is 9.62 Å². The van der Waals surface area contributed by atoms with Gasteiger partial charge in [0.25, 0.3) is 0 Å². The van der Waals surface area contributed by atoms with Gasteiger partial charge in [-0.25, -0.2) is 13.2 Å². The molecule has 216 valence electrons. The van der Waals surface area contributed by atoms with E-state index in [0.29, 0.717) is 18.0 Å². The second-order valence-electron chi connectivity index (χ2n) is 9.96. The van der Waals surface area contributed by atoms with E-state index in [1.807, 2.05) is 42.2 Å². The Morgan fingerprint density at radius 1 is 0.925 bits per heavy atom. The lowest BCUT2D eigenvalue weighted by molar-refractivity contribution is 0.170. The summed E-state index contributed by atoms with van der Waals surface area (Å²) < 4.78 is 31.0. The molecule has 4 rings (SSSR count). The van der Waals surface area contributed by atoms with E-state index in [1.165, 1.54) is 11.1 Å². The SMILES string of the molecule is CCN(CCc1ccccc1)C(=O)NC1CCN(Cc2ccc(Oc3ccc(NS(C)(=O)=O)cc3)cc2)CC1.Cl. The van der Waals surface area contributed by atoms with Crippen LogP contribution in [0.25, 0.3) is 0 Å². The first-order valence-electron chi connectivity index (χ1n) is 13.4. The molecule has 0 atom stereocenters. The Balaban J connectivity index is 0.00000441. The first-order chi connectivity index (χ1) is 18.8. The van der Waals surface area contributed by atoms with Crippen LogP contribution in [-0.2, 0) is 23.0 Å². The van der Waals surface area contributed by atoms with Crippen LogP contribution in [0.2, 0.25) is 0 Å². The fourth-order valence-corrected chi connectivity index (χ4v) is 5.24. The molecule has 1 heterocycles. The van der Waals surface area contributed by atoms with Crippen LogP contribution < -0.4 is 14.8 Å². The second kappa shape index (κ2) is 14.9. The molecule has 0 spiro atoms. The fourth-order valence-electron chi connectivity index (χ4n) is 4.68. The number of sulfonamides is 1. The summed E-state index contributed by atoms with van der Waals surface area (Å²) >= 11 is 0. The topological polar surface area (TPSA) is 91.0 Å². The largest absolute Gasteiger partial charge is 0.457 e. The van der Waals surface area contributed by atoms with Crippen molar-refractivity contribution < 1.29 is 17.9 Å². The molecule has 40 heavy (non-hydrogen) atoms. The lowest BCUT2D eigenvalue weighted by Gasteiger charge is -2.33. The number of likely N-dealkylation sites (tertiary alicyclic amines) is 1. The third-order valence-corrected chi connectivity index (χ3v) is 7.43. The number of carbonyl (C=O) groups is 1. The molecule has 0 saturated carbocycles. The molecule has 10 heteroatoms. The van der Waals surface area contributed by atoms with Crippen LogP contribution in [-0.4, -0.2) is 62.7 Å². The number of piperidine rings is 1. The third kappa shape index (κ3) is 10.0. The number of hydrogen-bond acceptors (Lipinski definition) is 5. The highest BCUT2D eigenvalue weighted by molar-refractivity contribution is 7.92. The maximum Gasteiger partial charge on any atom is 0.317 e. The molecule has 2 N–H and O–H groups in total. The number of hydrogen-bond donors (Lipinski definition) is 2. The zero-order chi connectivity index (χ0) is 27.7. The number of amides is 2. The smallest absolute Gasteiger partial charge is 0.317 e. The molecule has 1 aliphatic rings. The quantitative estimate of drug-likeness (QED) is 0.309. The van der Waals surface area contributed by atoms with Gasteiger partial charge in [-0.05, 0) is 73.7 Å². The Morgan fingerprint density at radius 2 is 1.52 bits per heavy atom. The van der Waals surface area contributed by atoms with Crippen molar-refractivity contribution in [2.24, 2.45) is 0 Å². The molecule has 0 aliphatic carbocycles. The van der Waals surface area contributed by atoms with Crippen molar-refractivity contribution >= 4 is 34.1 Å². The number of benzene rings is 3. The van der Waals surface area contributed by atoms with E-state index < -0.39 is 10.0 Å². The summed E-state index contributed by atoms with van der Waals surface area (Å²) in [6.45, 7) is 6.17. The lowest BCUT2D eigenvalue weighted by atomic mass is 10.0. The van der Waals surface area contributed by atoms with Crippen molar-refractivity contribution in [2.45, 2.75) is 38.8 Å². The number of urea groups is 1. The minimum atomic E-state index is -3.31. The summed E-state index contributed by atoms with van der Waals surface area (Å²) in [4.78, 5) is 17.1. The molecule has 0 unspecified atom stereocenters. The van der Waals surface area contributed by atoms with Gasteiger partial charge >= 0.3 is 6.03 Å². The van der Waals surface area contributed by atoms with Gasteiger partial charge in [0.1, 0.15) is 11.5 Å². The summed E-state index contributed by atoms with van der Waals surface area (Å²) in [5.41, 5.74) is 2.94. The molecule has 1 fully saturated rings. The lowest BCUT2D eigenvalue weighted by Crippen LogP contribution is -2.49. The highest BCUT2D eigenvalue weighted by atomic mass is 35.5. The Bertz CT molecular complexity index is 1300. The van der Waals surface area contributed by atoms with Gasteiger partial charge < -0.3 is 15.0 Å². The van der Waals surface area contributed by atoms with Crippen LogP contribution in [0.3, 0.4) is 0 Å². The van der Waals surface area contributed by atoms with Gasteiger partial charge in [-0.15, -0.1) is 12.4 Å². The number of carbonyl (C=O) groups excluding carboxylic acids is 1. The van der Waals surface area contributed by atoms with E-state index >= 15 is 0 Å². The van der Waals surface area contributed by atoms with Crippen LogP contribution in [0, 0.1) is 0 Å². The van der Waals surface area contributed by atoms with Crippen molar-refractivity contribution in [2.75, 3.05) is 37.2 Å². The van der Waals surface area contributed by atoms with Crippen LogP contribution in [0.15, 0.2) is 78.9 Å². The monoisotopic (exact) mass is 586 g/mol. The molecule has 1 saturated heterocycles. The van der Waals surface area contributed by atoms with E-state index in [-0.39, 0.29) is 24.5 Å². The number of nitrogens with zero attached hydrogens (tertiary/aromatic N) is 2. The maximum absolute atomic E-state index is 12.8. The number of halogens is 1. The van der Waals surface area contributed by atoms with Crippen LogP contribution in [0.4, 0.5) is 10.5 Å². The minimum absolute atomic E-state index is 0. The predicted octanol–water partition coefficient (Wildman–Crippen LogP) is 5.51. The summed E-state index contributed by atoms with van der Waals surface area (Å²) in [6.07, 6.45) is 3.86. The van der Waals surface area contributed by atoms with E-state index in [9.17, 15) is 13.2 Å². The summed E-state index contributed by atoms with van der Waals surface area (Å²) in [7, 11) is -3.31. The zero-order valence-electron chi connectivity index (χ0n) is 23.1. The summed E-state index contributed by atoms with van der Waals surface area (Å²) in [5.74, 6) is 1.35. The van der Waals surface area contributed by atoms with Crippen molar-refractivity contribution in [3.8, 4) is 11.5 Å². The zero-order valence-corrected chi connectivity index (χ0v) is 24.7. The number of likely N-dealkylation sites (N-methyl/N-ethyl adjacent to an activating group) is 1. The van der Waals surface area contributed by atoms with Crippen molar-refractivity contribution in [3.05, 3.63) is 90.0 Å². The standard InChI is InChI=1S/C30H38N4O4S.ClH/c1-3-34(22-17-24-7-5-4-6-8-24)30(35)31-26-18-20-33(21-19-26)23-25-9-13-28(14-10-25)38-29-15-11-27(12-16-29)32-39(2,36)37;/h4-16,26,32H,3,17-23H2,1-2H3,(H,31,35);1H. The minimum Gasteiger partial charge on any atom is -0.457 e. The van der Waals surface area contributed by atoms with Gasteiger partial charge in [0.05, 0.1) is 6.26 Å². The summed E-state index contributed by atoms with van der Waals surface area (Å²) in [5, 5.41) is 3.25. The van der Waals surface area contributed by atoms with Crippen molar-refractivity contribution in [1.82, 2.24) is 15.1 Å².